The van der Waals surface area contributed by atoms with E-state index in [0.717, 1.165) is 18.5 Å². The standard InChI is InChI=1S/C14H16N2OS/c17-14(15-11-3-1-2-4-11)16-12-5-6-13-10(9-12)7-8-18-13/h5-9,11H,1-4H2,(H2,15,16,17). The summed E-state index contributed by atoms with van der Waals surface area (Å²) in [6, 6.07) is 8.35. The SMILES string of the molecule is O=C(Nc1ccc2sccc2c1)NC1CCCC1. The minimum absolute atomic E-state index is 0.0866. The first-order chi connectivity index (χ1) is 8.81. The maximum Gasteiger partial charge on any atom is 0.319 e. The van der Waals surface area contributed by atoms with E-state index in [2.05, 4.69) is 22.1 Å². The van der Waals surface area contributed by atoms with E-state index in [1.807, 2.05) is 18.2 Å². The van der Waals surface area contributed by atoms with Crippen molar-refractivity contribution in [3.05, 3.63) is 29.6 Å². The van der Waals surface area contributed by atoms with Gasteiger partial charge in [0.25, 0.3) is 0 Å². The van der Waals surface area contributed by atoms with Gasteiger partial charge in [-0.05, 0) is 47.9 Å². The fraction of sp³-hybridized carbons (Fsp3) is 0.357. The van der Waals surface area contributed by atoms with Crippen LogP contribution >= 0.6 is 11.3 Å². The number of benzene rings is 1. The monoisotopic (exact) mass is 260 g/mol. The van der Waals surface area contributed by atoms with Gasteiger partial charge in [0.05, 0.1) is 0 Å². The number of nitrogens with one attached hydrogen (secondary N) is 2. The second-order valence-corrected chi connectivity index (χ2v) is 5.70. The zero-order valence-corrected chi connectivity index (χ0v) is 10.9. The van der Waals surface area contributed by atoms with Crippen LogP contribution in [0.1, 0.15) is 25.7 Å². The second kappa shape index (κ2) is 4.98. The van der Waals surface area contributed by atoms with Crippen molar-refractivity contribution in [2.75, 3.05) is 5.32 Å². The maximum atomic E-state index is 11.8. The van der Waals surface area contributed by atoms with Gasteiger partial charge >= 0.3 is 6.03 Å². The summed E-state index contributed by atoms with van der Waals surface area (Å²) in [5, 5.41) is 9.17. The van der Waals surface area contributed by atoms with Crippen LogP contribution in [0.5, 0.6) is 0 Å². The predicted octanol–water partition coefficient (Wildman–Crippen LogP) is 3.97. The van der Waals surface area contributed by atoms with Gasteiger partial charge in [0, 0.05) is 16.4 Å². The molecule has 3 rings (SSSR count). The molecule has 1 aromatic carbocycles. The van der Waals surface area contributed by atoms with E-state index in [1.165, 1.54) is 22.9 Å². The topological polar surface area (TPSA) is 41.1 Å². The van der Waals surface area contributed by atoms with Gasteiger partial charge in [-0.25, -0.2) is 4.79 Å². The van der Waals surface area contributed by atoms with Crippen LogP contribution in [0, 0.1) is 0 Å². The van der Waals surface area contributed by atoms with E-state index in [0.29, 0.717) is 6.04 Å². The number of carbonyl (C=O) groups excluding carboxylic acids is 1. The molecule has 1 fully saturated rings. The normalized spacial score (nSPS) is 16.0. The summed E-state index contributed by atoms with van der Waals surface area (Å²) in [6.07, 6.45) is 4.67. The Kier molecular flexibility index (Phi) is 3.19. The van der Waals surface area contributed by atoms with Crippen molar-refractivity contribution in [2.24, 2.45) is 0 Å². The molecule has 0 aliphatic heterocycles. The van der Waals surface area contributed by atoms with Crippen molar-refractivity contribution < 1.29 is 4.79 Å². The van der Waals surface area contributed by atoms with Crippen molar-refractivity contribution in [3.8, 4) is 0 Å². The van der Waals surface area contributed by atoms with E-state index in [1.54, 1.807) is 11.3 Å². The summed E-state index contributed by atoms with van der Waals surface area (Å²) in [7, 11) is 0. The molecule has 0 spiro atoms. The van der Waals surface area contributed by atoms with Crippen LogP contribution in [0.25, 0.3) is 10.1 Å². The summed E-state index contributed by atoms with van der Waals surface area (Å²) in [6.45, 7) is 0. The number of urea groups is 1. The van der Waals surface area contributed by atoms with Crippen LogP contribution in [0.2, 0.25) is 0 Å². The molecule has 1 aromatic heterocycles. The van der Waals surface area contributed by atoms with Crippen molar-refractivity contribution in [3.63, 3.8) is 0 Å². The van der Waals surface area contributed by atoms with Crippen LogP contribution in [0.4, 0.5) is 10.5 Å². The van der Waals surface area contributed by atoms with Crippen LogP contribution in [0.15, 0.2) is 29.6 Å². The second-order valence-electron chi connectivity index (χ2n) is 4.75. The Bertz CT molecular complexity index is 558. The van der Waals surface area contributed by atoms with Gasteiger partial charge in [-0.15, -0.1) is 11.3 Å². The minimum atomic E-state index is -0.0866. The molecule has 18 heavy (non-hydrogen) atoms. The lowest BCUT2D eigenvalue weighted by Crippen LogP contribution is -2.36. The highest BCUT2D eigenvalue weighted by Gasteiger charge is 2.16. The fourth-order valence-corrected chi connectivity index (χ4v) is 3.24. The number of fused-ring (bicyclic) bond motifs is 1. The number of rotatable bonds is 2. The Morgan fingerprint density at radius 3 is 2.89 bits per heavy atom. The molecule has 2 N–H and O–H groups in total. The third-order valence-electron chi connectivity index (χ3n) is 3.40. The molecule has 1 aliphatic carbocycles. The largest absolute Gasteiger partial charge is 0.335 e. The van der Waals surface area contributed by atoms with Gasteiger partial charge < -0.3 is 10.6 Å². The van der Waals surface area contributed by atoms with Crippen LogP contribution in [0.3, 0.4) is 0 Å². The van der Waals surface area contributed by atoms with E-state index in [9.17, 15) is 4.79 Å². The molecule has 0 atom stereocenters. The molecular formula is C14H16N2OS. The number of hydrogen-bond acceptors (Lipinski definition) is 2. The lowest BCUT2D eigenvalue weighted by Gasteiger charge is -2.12. The molecule has 0 radical (unpaired) electrons. The molecule has 2 aromatic rings. The summed E-state index contributed by atoms with van der Waals surface area (Å²) in [4.78, 5) is 11.8. The molecule has 1 aliphatic rings. The third kappa shape index (κ3) is 2.48. The van der Waals surface area contributed by atoms with Gasteiger partial charge in [-0.1, -0.05) is 12.8 Å². The molecule has 1 saturated carbocycles. The molecular weight excluding hydrogens is 244 g/mol. The summed E-state index contributed by atoms with van der Waals surface area (Å²) < 4.78 is 1.25. The smallest absolute Gasteiger partial charge is 0.319 e. The van der Waals surface area contributed by atoms with E-state index in [-0.39, 0.29) is 6.03 Å². The van der Waals surface area contributed by atoms with Crippen molar-refractivity contribution in [2.45, 2.75) is 31.7 Å². The van der Waals surface area contributed by atoms with Gasteiger partial charge in [-0.2, -0.15) is 0 Å². The molecule has 94 valence electrons. The molecule has 0 saturated heterocycles. The Labute approximate surface area is 110 Å². The summed E-state index contributed by atoms with van der Waals surface area (Å²) in [5.41, 5.74) is 0.858. The van der Waals surface area contributed by atoms with Crippen molar-refractivity contribution in [1.29, 1.82) is 0 Å². The number of hydrogen-bond donors (Lipinski definition) is 2. The number of carbonyl (C=O) groups is 1. The lowest BCUT2D eigenvalue weighted by molar-refractivity contribution is 0.248. The Morgan fingerprint density at radius 1 is 1.22 bits per heavy atom. The highest BCUT2D eigenvalue weighted by Crippen LogP contribution is 2.24. The first kappa shape index (κ1) is 11.5. The van der Waals surface area contributed by atoms with Gasteiger partial charge in [0.2, 0.25) is 0 Å². The quantitative estimate of drug-likeness (QED) is 0.843. The highest BCUT2D eigenvalue weighted by molar-refractivity contribution is 7.17. The number of amides is 2. The zero-order chi connectivity index (χ0) is 12.4. The minimum Gasteiger partial charge on any atom is -0.335 e. The van der Waals surface area contributed by atoms with Gasteiger partial charge in [0.15, 0.2) is 0 Å². The van der Waals surface area contributed by atoms with Crippen LogP contribution in [-0.4, -0.2) is 12.1 Å². The lowest BCUT2D eigenvalue weighted by atomic mass is 10.2. The van der Waals surface area contributed by atoms with Crippen LogP contribution < -0.4 is 10.6 Å². The maximum absolute atomic E-state index is 11.8. The average Bonchev–Trinajstić information content (AvgIpc) is 2.98. The highest BCUT2D eigenvalue weighted by atomic mass is 32.1. The Morgan fingerprint density at radius 2 is 2.06 bits per heavy atom. The molecule has 2 amide bonds. The van der Waals surface area contributed by atoms with E-state index in [4.69, 9.17) is 0 Å². The first-order valence-corrected chi connectivity index (χ1v) is 7.24. The fourth-order valence-electron chi connectivity index (χ4n) is 2.47. The van der Waals surface area contributed by atoms with E-state index < -0.39 is 0 Å². The zero-order valence-electron chi connectivity index (χ0n) is 10.1. The number of anilines is 1. The molecule has 0 unspecified atom stereocenters. The van der Waals surface area contributed by atoms with Gasteiger partial charge in [-0.3, -0.25) is 0 Å². The Hall–Kier alpha value is -1.55. The summed E-state index contributed by atoms with van der Waals surface area (Å²) in [5.74, 6) is 0. The number of thiophene rings is 1. The predicted molar refractivity (Wildman–Crippen MR) is 76.2 cm³/mol. The molecule has 1 heterocycles. The Balaban J connectivity index is 1.65. The molecule has 4 heteroatoms. The summed E-state index contributed by atoms with van der Waals surface area (Å²) >= 11 is 1.71. The average molecular weight is 260 g/mol. The first-order valence-electron chi connectivity index (χ1n) is 6.36. The molecule has 0 bridgehead atoms. The van der Waals surface area contributed by atoms with Crippen molar-refractivity contribution >= 4 is 33.1 Å². The van der Waals surface area contributed by atoms with Gasteiger partial charge in [0.1, 0.15) is 0 Å². The van der Waals surface area contributed by atoms with Crippen molar-refractivity contribution in [1.82, 2.24) is 5.32 Å². The van der Waals surface area contributed by atoms with Crippen LogP contribution in [-0.2, 0) is 0 Å². The van der Waals surface area contributed by atoms with E-state index >= 15 is 0 Å². The third-order valence-corrected chi connectivity index (χ3v) is 4.30. The molecule has 3 nitrogen and oxygen atoms in total.